The fraction of sp³-hybridized carbons (Fsp3) is 0.182. The Morgan fingerprint density at radius 1 is 1.47 bits per heavy atom. The maximum atomic E-state index is 13.2. The lowest BCUT2D eigenvalue weighted by atomic mass is 10.2. The number of carbonyl (C=O) groups excluding carboxylic acids is 1. The van der Waals surface area contributed by atoms with E-state index in [0.29, 0.717) is 13.1 Å². The first-order chi connectivity index (χ1) is 8.27. The van der Waals surface area contributed by atoms with Gasteiger partial charge in [-0.05, 0) is 12.1 Å². The SMILES string of the molecule is O=C(NCCn1cccn1)c1ccncc1F. The highest BCUT2D eigenvalue weighted by Crippen LogP contribution is 2.03. The summed E-state index contributed by atoms with van der Waals surface area (Å²) in [4.78, 5) is 15.2. The number of nitrogens with one attached hydrogen (secondary N) is 1. The molecule has 2 rings (SSSR count). The largest absolute Gasteiger partial charge is 0.350 e. The number of hydrogen-bond acceptors (Lipinski definition) is 3. The van der Waals surface area contributed by atoms with Gasteiger partial charge in [0, 0.05) is 25.1 Å². The van der Waals surface area contributed by atoms with Gasteiger partial charge in [0.25, 0.3) is 5.91 Å². The van der Waals surface area contributed by atoms with Crippen LogP contribution in [0.2, 0.25) is 0 Å². The molecule has 0 bridgehead atoms. The predicted octanol–water partition coefficient (Wildman–Crippen LogP) is 0.847. The molecule has 0 unspecified atom stereocenters. The molecule has 0 aliphatic carbocycles. The van der Waals surface area contributed by atoms with Crippen molar-refractivity contribution in [2.45, 2.75) is 6.54 Å². The van der Waals surface area contributed by atoms with Crippen LogP contribution in [0.1, 0.15) is 10.4 Å². The smallest absolute Gasteiger partial charge is 0.254 e. The van der Waals surface area contributed by atoms with Crippen LogP contribution in [0.3, 0.4) is 0 Å². The van der Waals surface area contributed by atoms with E-state index in [-0.39, 0.29) is 5.56 Å². The highest BCUT2D eigenvalue weighted by Gasteiger charge is 2.10. The van der Waals surface area contributed by atoms with Crippen molar-refractivity contribution < 1.29 is 9.18 Å². The molecule has 0 radical (unpaired) electrons. The average Bonchev–Trinajstić information content (AvgIpc) is 2.82. The third-order valence-corrected chi connectivity index (χ3v) is 2.20. The van der Waals surface area contributed by atoms with Crippen LogP contribution in [-0.2, 0) is 6.54 Å². The van der Waals surface area contributed by atoms with Gasteiger partial charge in [-0.2, -0.15) is 5.10 Å². The van der Waals surface area contributed by atoms with Gasteiger partial charge in [-0.3, -0.25) is 14.5 Å². The number of rotatable bonds is 4. The number of hydrogen-bond donors (Lipinski definition) is 1. The Morgan fingerprint density at radius 2 is 2.35 bits per heavy atom. The minimum atomic E-state index is -0.621. The number of halogens is 1. The molecule has 0 fully saturated rings. The summed E-state index contributed by atoms with van der Waals surface area (Å²) in [5.74, 6) is -1.07. The molecule has 1 amide bonds. The maximum absolute atomic E-state index is 13.2. The summed E-state index contributed by atoms with van der Waals surface area (Å²) in [6.45, 7) is 0.938. The van der Waals surface area contributed by atoms with E-state index in [9.17, 15) is 9.18 Å². The standard InChI is InChI=1S/C11H11FN4O/c12-10-8-13-4-2-9(10)11(17)14-5-7-16-6-1-3-15-16/h1-4,6,8H,5,7H2,(H,14,17). The minimum Gasteiger partial charge on any atom is -0.350 e. The van der Waals surface area contributed by atoms with Crippen LogP contribution in [0.4, 0.5) is 4.39 Å². The summed E-state index contributed by atoms with van der Waals surface area (Å²) in [5.41, 5.74) is 0.000431. The first-order valence-electron chi connectivity index (χ1n) is 5.12. The fourth-order valence-electron chi connectivity index (χ4n) is 1.37. The van der Waals surface area contributed by atoms with Crippen LogP contribution in [0, 0.1) is 5.82 Å². The Labute approximate surface area is 97.3 Å². The molecule has 0 saturated carbocycles. The molecule has 2 heterocycles. The molecule has 88 valence electrons. The van der Waals surface area contributed by atoms with Gasteiger partial charge in [-0.1, -0.05) is 0 Å². The molecule has 2 aromatic rings. The van der Waals surface area contributed by atoms with Crippen LogP contribution in [0.25, 0.3) is 0 Å². The first-order valence-corrected chi connectivity index (χ1v) is 5.12. The molecule has 1 N–H and O–H groups in total. The number of nitrogens with zero attached hydrogens (tertiary/aromatic N) is 3. The number of carbonyl (C=O) groups is 1. The molecular weight excluding hydrogens is 223 g/mol. The topological polar surface area (TPSA) is 59.8 Å². The zero-order valence-corrected chi connectivity index (χ0v) is 9.01. The van der Waals surface area contributed by atoms with Crippen LogP contribution in [-0.4, -0.2) is 27.2 Å². The lowest BCUT2D eigenvalue weighted by molar-refractivity contribution is 0.0947. The number of aromatic nitrogens is 3. The van der Waals surface area contributed by atoms with E-state index in [0.717, 1.165) is 6.20 Å². The van der Waals surface area contributed by atoms with Crippen LogP contribution in [0.5, 0.6) is 0 Å². The number of pyridine rings is 1. The summed E-state index contributed by atoms with van der Waals surface area (Å²) in [5, 5.41) is 6.60. The van der Waals surface area contributed by atoms with Crippen LogP contribution in [0.15, 0.2) is 36.9 Å². The van der Waals surface area contributed by atoms with Gasteiger partial charge in [-0.25, -0.2) is 4.39 Å². The zero-order chi connectivity index (χ0) is 12.1. The quantitative estimate of drug-likeness (QED) is 0.853. The van der Waals surface area contributed by atoms with Crippen molar-refractivity contribution in [3.05, 3.63) is 48.3 Å². The van der Waals surface area contributed by atoms with Gasteiger partial charge in [0.2, 0.25) is 0 Å². The molecule has 17 heavy (non-hydrogen) atoms. The summed E-state index contributed by atoms with van der Waals surface area (Å²) >= 11 is 0. The monoisotopic (exact) mass is 234 g/mol. The summed E-state index contributed by atoms with van der Waals surface area (Å²) in [6.07, 6.45) is 5.84. The molecule has 0 atom stereocenters. The summed E-state index contributed by atoms with van der Waals surface area (Å²) in [7, 11) is 0. The third-order valence-electron chi connectivity index (χ3n) is 2.20. The second-order valence-corrected chi connectivity index (χ2v) is 3.38. The molecule has 6 heteroatoms. The Kier molecular flexibility index (Phi) is 3.44. The van der Waals surface area contributed by atoms with Crippen molar-refractivity contribution in [1.29, 1.82) is 0 Å². The summed E-state index contributed by atoms with van der Waals surface area (Å²) in [6, 6.07) is 3.14. The van der Waals surface area contributed by atoms with E-state index >= 15 is 0 Å². The fourth-order valence-corrected chi connectivity index (χ4v) is 1.37. The maximum Gasteiger partial charge on any atom is 0.254 e. The average molecular weight is 234 g/mol. The van der Waals surface area contributed by atoms with Crippen molar-refractivity contribution in [3.8, 4) is 0 Å². The Morgan fingerprint density at radius 3 is 3.06 bits per heavy atom. The van der Waals surface area contributed by atoms with Gasteiger partial charge < -0.3 is 5.32 Å². The highest BCUT2D eigenvalue weighted by molar-refractivity contribution is 5.94. The number of amides is 1. The molecule has 0 aliphatic heterocycles. The van der Waals surface area contributed by atoms with Gasteiger partial charge in [-0.15, -0.1) is 0 Å². The van der Waals surface area contributed by atoms with E-state index in [1.807, 2.05) is 0 Å². The molecular formula is C11H11FN4O. The van der Waals surface area contributed by atoms with Crippen LogP contribution >= 0.6 is 0 Å². The third kappa shape index (κ3) is 2.87. The van der Waals surface area contributed by atoms with E-state index in [1.165, 1.54) is 12.3 Å². The van der Waals surface area contributed by atoms with E-state index in [2.05, 4.69) is 15.4 Å². The Hall–Kier alpha value is -2.24. The van der Waals surface area contributed by atoms with Gasteiger partial charge in [0.05, 0.1) is 18.3 Å². The van der Waals surface area contributed by atoms with Gasteiger partial charge >= 0.3 is 0 Å². The first kappa shape index (κ1) is 11.3. The van der Waals surface area contributed by atoms with Gasteiger partial charge in [0.1, 0.15) is 0 Å². The Bertz CT molecular complexity index is 498. The van der Waals surface area contributed by atoms with E-state index < -0.39 is 11.7 Å². The molecule has 0 saturated heterocycles. The van der Waals surface area contributed by atoms with Gasteiger partial charge in [0.15, 0.2) is 5.82 Å². The van der Waals surface area contributed by atoms with Crippen LogP contribution < -0.4 is 5.32 Å². The second kappa shape index (κ2) is 5.20. The lowest BCUT2D eigenvalue weighted by Gasteiger charge is -2.05. The molecule has 0 aliphatic rings. The normalized spacial score (nSPS) is 10.2. The van der Waals surface area contributed by atoms with Crippen molar-refractivity contribution in [2.24, 2.45) is 0 Å². The minimum absolute atomic E-state index is 0.000431. The molecule has 2 aromatic heterocycles. The second-order valence-electron chi connectivity index (χ2n) is 3.38. The van der Waals surface area contributed by atoms with Crippen molar-refractivity contribution in [3.63, 3.8) is 0 Å². The molecule has 0 spiro atoms. The predicted molar refractivity (Wildman–Crippen MR) is 58.8 cm³/mol. The van der Waals surface area contributed by atoms with Crippen molar-refractivity contribution in [2.75, 3.05) is 6.54 Å². The zero-order valence-electron chi connectivity index (χ0n) is 9.01. The highest BCUT2D eigenvalue weighted by atomic mass is 19.1. The van der Waals surface area contributed by atoms with E-state index in [4.69, 9.17) is 0 Å². The Balaban J connectivity index is 1.88. The lowest BCUT2D eigenvalue weighted by Crippen LogP contribution is -2.28. The van der Waals surface area contributed by atoms with Crippen molar-refractivity contribution >= 4 is 5.91 Å². The van der Waals surface area contributed by atoms with E-state index in [1.54, 1.807) is 23.1 Å². The summed E-state index contributed by atoms with van der Waals surface area (Å²) < 4.78 is 14.9. The van der Waals surface area contributed by atoms with Crippen molar-refractivity contribution in [1.82, 2.24) is 20.1 Å². The molecule has 0 aromatic carbocycles. The molecule has 5 nitrogen and oxygen atoms in total.